The number of aryl methyl sites for hydroxylation is 2. The van der Waals surface area contributed by atoms with Gasteiger partial charge in [0, 0.05) is 5.56 Å². The highest BCUT2D eigenvalue weighted by Crippen LogP contribution is 2.17. The van der Waals surface area contributed by atoms with Gasteiger partial charge in [0.1, 0.15) is 6.04 Å². The summed E-state index contributed by atoms with van der Waals surface area (Å²) in [5.41, 5.74) is 3.71. The Morgan fingerprint density at radius 3 is 2.04 bits per heavy atom. The van der Waals surface area contributed by atoms with E-state index in [1.807, 2.05) is 77.1 Å². The van der Waals surface area contributed by atoms with Gasteiger partial charge in [-0.15, -0.1) is 0 Å². The Kier molecular flexibility index (Phi) is 7.17. The third-order valence-electron chi connectivity index (χ3n) is 4.73. The molecule has 2 aromatic carbocycles. The molecular weight excluding hydrogens is 336 g/mol. The van der Waals surface area contributed by atoms with E-state index in [1.54, 1.807) is 6.07 Å². The van der Waals surface area contributed by atoms with E-state index in [4.69, 9.17) is 0 Å². The molecule has 4 nitrogen and oxygen atoms in total. The van der Waals surface area contributed by atoms with Crippen molar-refractivity contribution in [1.29, 1.82) is 0 Å². The number of rotatable bonds is 7. The van der Waals surface area contributed by atoms with Crippen LogP contribution in [0.4, 0.5) is 0 Å². The first-order valence-corrected chi connectivity index (χ1v) is 9.52. The fourth-order valence-corrected chi connectivity index (χ4v) is 3.23. The fraction of sp³-hybridized carbons (Fsp3) is 0.391. The van der Waals surface area contributed by atoms with Gasteiger partial charge in [-0.3, -0.25) is 9.59 Å². The third kappa shape index (κ3) is 5.68. The summed E-state index contributed by atoms with van der Waals surface area (Å²) in [4.78, 5) is 25.6. The standard InChI is InChI=1S/C23H30N2O2/c1-15(2)14-21(25-22(26)20-13-9-7-11-17(20)4)23(27)24-18(5)19-12-8-6-10-16(19)3/h6-13,15,18,21H,14H2,1-5H3,(H,24,27)(H,25,26). The first kappa shape index (κ1) is 20.7. The fourth-order valence-electron chi connectivity index (χ4n) is 3.23. The summed E-state index contributed by atoms with van der Waals surface area (Å²) in [6.45, 7) is 9.99. The Balaban J connectivity index is 2.13. The molecule has 0 saturated carbocycles. The van der Waals surface area contributed by atoms with Crippen molar-refractivity contribution in [1.82, 2.24) is 10.6 Å². The summed E-state index contributed by atoms with van der Waals surface area (Å²) in [7, 11) is 0. The summed E-state index contributed by atoms with van der Waals surface area (Å²) >= 11 is 0. The second-order valence-corrected chi connectivity index (χ2v) is 7.56. The zero-order chi connectivity index (χ0) is 20.0. The van der Waals surface area contributed by atoms with E-state index in [0.717, 1.165) is 16.7 Å². The van der Waals surface area contributed by atoms with Crippen LogP contribution in [0.5, 0.6) is 0 Å². The number of nitrogens with one attached hydrogen (secondary N) is 2. The van der Waals surface area contributed by atoms with Crippen molar-refractivity contribution >= 4 is 11.8 Å². The highest BCUT2D eigenvalue weighted by Gasteiger charge is 2.24. The Morgan fingerprint density at radius 2 is 1.44 bits per heavy atom. The van der Waals surface area contributed by atoms with Crippen LogP contribution in [-0.2, 0) is 4.79 Å². The van der Waals surface area contributed by atoms with Crippen LogP contribution < -0.4 is 10.6 Å². The summed E-state index contributed by atoms with van der Waals surface area (Å²) in [6, 6.07) is 14.7. The first-order chi connectivity index (χ1) is 12.8. The molecule has 0 heterocycles. The summed E-state index contributed by atoms with van der Waals surface area (Å²) in [6.07, 6.45) is 0.587. The number of amides is 2. The predicted octanol–water partition coefficient (Wildman–Crippen LogP) is 4.33. The maximum absolute atomic E-state index is 12.9. The van der Waals surface area contributed by atoms with Gasteiger partial charge in [0.05, 0.1) is 6.04 Å². The average Bonchev–Trinajstić information content (AvgIpc) is 2.61. The summed E-state index contributed by atoms with van der Waals surface area (Å²) < 4.78 is 0. The van der Waals surface area contributed by atoms with Crippen LogP contribution in [0.25, 0.3) is 0 Å². The normalized spacial score (nSPS) is 13.1. The Labute approximate surface area is 162 Å². The van der Waals surface area contributed by atoms with Gasteiger partial charge in [-0.25, -0.2) is 0 Å². The smallest absolute Gasteiger partial charge is 0.252 e. The van der Waals surface area contributed by atoms with E-state index in [0.29, 0.717) is 12.0 Å². The maximum Gasteiger partial charge on any atom is 0.252 e. The minimum atomic E-state index is -0.566. The lowest BCUT2D eigenvalue weighted by Crippen LogP contribution is -2.48. The molecular formula is C23H30N2O2. The third-order valence-corrected chi connectivity index (χ3v) is 4.73. The molecule has 4 heteroatoms. The summed E-state index contributed by atoms with van der Waals surface area (Å²) in [5, 5.41) is 5.99. The van der Waals surface area contributed by atoms with Crippen LogP contribution in [0, 0.1) is 19.8 Å². The van der Waals surface area contributed by atoms with Crippen molar-refractivity contribution in [2.75, 3.05) is 0 Å². The SMILES string of the molecule is Cc1ccccc1C(=O)NC(CC(C)C)C(=O)NC(C)c1ccccc1C. The van der Waals surface area contributed by atoms with Crippen LogP contribution in [0.1, 0.15) is 60.3 Å². The van der Waals surface area contributed by atoms with Crippen molar-refractivity contribution in [3.05, 3.63) is 70.8 Å². The van der Waals surface area contributed by atoms with Gasteiger partial charge in [0.2, 0.25) is 5.91 Å². The average molecular weight is 367 g/mol. The molecule has 0 fully saturated rings. The first-order valence-electron chi connectivity index (χ1n) is 9.52. The lowest BCUT2D eigenvalue weighted by atomic mass is 9.99. The Bertz CT molecular complexity index is 798. The van der Waals surface area contributed by atoms with E-state index in [1.165, 1.54) is 0 Å². The van der Waals surface area contributed by atoms with Gasteiger partial charge in [0.15, 0.2) is 0 Å². The Hall–Kier alpha value is -2.62. The molecule has 0 aliphatic heterocycles. The van der Waals surface area contributed by atoms with Gasteiger partial charge < -0.3 is 10.6 Å². The van der Waals surface area contributed by atoms with Crippen molar-refractivity contribution in [2.45, 2.75) is 53.1 Å². The highest BCUT2D eigenvalue weighted by atomic mass is 16.2. The largest absolute Gasteiger partial charge is 0.348 e. The van der Waals surface area contributed by atoms with Crippen molar-refractivity contribution in [2.24, 2.45) is 5.92 Å². The van der Waals surface area contributed by atoms with E-state index >= 15 is 0 Å². The van der Waals surface area contributed by atoms with Crippen molar-refractivity contribution < 1.29 is 9.59 Å². The molecule has 0 aliphatic rings. The maximum atomic E-state index is 12.9. The molecule has 144 valence electrons. The lowest BCUT2D eigenvalue weighted by molar-refractivity contribution is -0.124. The number of hydrogen-bond acceptors (Lipinski definition) is 2. The second-order valence-electron chi connectivity index (χ2n) is 7.56. The van der Waals surface area contributed by atoms with Crippen molar-refractivity contribution in [3.8, 4) is 0 Å². The molecule has 27 heavy (non-hydrogen) atoms. The molecule has 2 unspecified atom stereocenters. The van der Waals surface area contributed by atoms with E-state index in [2.05, 4.69) is 10.6 Å². The van der Waals surface area contributed by atoms with Crippen LogP contribution in [0.15, 0.2) is 48.5 Å². The Morgan fingerprint density at radius 1 is 0.852 bits per heavy atom. The van der Waals surface area contributed by atoms with E-state index in [9.17, 15) is 9.59 Å². The molecule has 0 bridgehead atoms. The van der Waals surface area contributed by atoms with Gasteiger partial charge >= 0.3 is 0 Å². The van der Waals surface area contributed by atoms with Gasteiger partial charge in [-0.05, 0) is 55.9 Å². The van der Waals surface area contributed by atoms with Crippen LogP contribution >= 0.6 is 0 Å². The molecule has 2 aromatic rings. The highest BCUT2D eigenvalue weighted by molar-refractivity contribution is 5.98. The van der Waals surface area contributed by atoms with Gasteiger partial charge in [0.25, 0.3) is 5.91 Å². The molecule has 0 radical (unpaired) electrons. The number of carbonyl (C=O) groups excluding carboxylic acids is 2. The molecule has 2 atom stereocenters. The van der Waals surface area contributed by atoms with Crippen LogP contribution in [0.3, 0.4) is 0 Å². The number of carbonyl (C=O) groups is 2. The molecule has 2 rings (SSSR count). The lowest BCUT2D eigenvalue weighted by Gasteiger charge is -2.24. The van der Waals surface area contributed by atoms with Crippen molar-refractivity contribution in [3.63, 3.8) is 0 Å². The summed E-state index contributed by atoms with van der Waals surface area (Å²) in [5.74, 6) is -0.0782. The minimum Gasteiger partial charge on any atom is -0.348 e. The minimum absolute atomic E-state index is 0.122. The molecule has 2 amide bonds. The monoisotopic (exact) mass is 366 g/mol. The zero-order valence-electron chi connectivity index (χ0n) is 16.9. The molecule has 0 aliphatic carbocycles. The second kappa shape index (κ2) is 9.36. The topological polar surface area (TPSA) is 58.2 Å². The van der Waals surface area contributed by atoms with Gasteiger partial charge in [-0.2, -0.15) is 0 Å². The van der Waals surface area contributed by atoms with E-state index < -0.39 is 6.04 Å². The predicted molar refractivity (Wildman–Crippen MR) is 110 cm³/mol. The van der Waals surface area contributed by atoms with Gasteiger partial charge in [-0.1, -0.05) is 56.3 Å². The molecule has 0 spiro atoms. The molecule has 2 N–H and O–H groups in total. The zero-order valence-corrected chi connectivity index (χ0v) is 16.9. The molecule has 0 aromatic heterocycles. The quantitative estimate of drug-likeness (QED) is 0.766. The van der Waals surface area contributed by atoms with Crippen LogP contribution in [0.2, 0.25) is 0 Å². The number of hydrogen-bond donors (Lipinski definition) is 2. The number of benzene rings is 2. The van der Waals surface area contributed by atoms with E-state index in [-0.39, 0.29) is 23.8 Å². The molecule has 0 saturated heterocycles. The van der Waals surface area contributed by atoms with Crippen LogP contribution in [-0.4, -0.2) is 17.9 Å².